The van der Waals surface area contributed by atoms with E-state index in [0.29, 0.717) is 24.8 Å². The molecule has 2 rings (SSSR count). The van der Waals surface area contributed by atoms with E-state index in [1.165, 1.54) is 19.1 Å². The third kappa shape index (κ3) is 4.34. The Bertz CT molecular complexity index is 470. The quantitative estimate of drug-likeness (QED) is 0.875. The molecule has 3 unspecified atom stereocenters. The Labute approximate surface area is 125 Å². The third-order valence-corrected chi connectivity index (χ3v) is 4.44. The maximum atomic E-state index is 11.9. The van der Waals surface area contributed by atoms with Crippen LogP contribution in [0.3, 0.4) is 0 Å². The summed E-state index contributed by atoms with van der Waals surface area (Å²) in [6.45, 7) is 4.77. The summed E-state index contributed by atoms with van der Waals surface area (Å²) in [5.41, 5.74) is 0. The van der Waals surface area contributed by atoms with E-state index in [9.17, 15) is 9.59 Å². The van der Waals surface area contributed by atoms with Crippen LogP contribution in [0.25, 0.3) is 0 Å². The topological polar surface area (TPSA) is 71.3 Å². The van der Waals surface area contributed by atoms with Crippen LogP contribution in [0.5, 0.6) is 0 Å². The lowest BCUT2D eigenvalue weighted by Crippen LogP contribution is -2.44. The highest BCUT2D eigenvalue weighted by molar-refractivity contribution is 5.91. The van der Waals surface area contributed by atoms with Gasteiger partial charge < -0.3 is 15.1 Å². The van der Waals surface area contributed by atoms with Gasteiger partial charge in [-0.2, -0.15) is 0 Å². The molecule has 0 spiro atoms. The Hall–Kier alpha value is -1.78. The Kier molecular flexibility index (Phi) is 5.42. The fourth-order valence-corrected chi connectivity index (χ4v) is 2.85. The van der Waals surface area contributed by atoms with Crippen LogP contribution in [0.1, 0.15) is 50.1 Å². The van der Waals surface area contributed by atoms with Crippen molar-refractivity contribution >= 4 is 11.8 Å². The van der Waals surface area contributed by atoms with Crippen LogP contribution in [0.2, 0.25) is 0 Å². The van der Waals surface area contributed by atoms with Crippen molar-refractivity contribution in [1.29, 1.82) is 0 Å². The van der Waals surface area contributed by atoms with E-state index in [4.69, 9.17) is 4.42 Å². The Balaban J connectivity index is 1.69. The summed E-state index contributed by atoms with van der Waals surface area (Å²) in [5.74, 6) is 1.15. The van der Waals surface area contributed by atoms with Crippen molar-refractivity contribution in [2.75, 3.05) is 6.54 Å². The summed E-state index contributed by atoms with van der Waals surface area (Å²) >= 11 is 0. The summed E-state index contributed by atoms with van der Waals surface area (Å²) in [5, 5.41) is 5.77. The molecule has 0 aromatic carbocycles. The van der Waals surface area contributed by atoms with E-state index in [1.54, 1.807) is 12.1 Å². The van der Waals surface area contributed by atoms with E-state index in [-0.39, 0.29) is 23.6 Å². The molecule has 1 aromatic rings. The van der Waals surface area contributed by atoms with Crippen LogP contribution in [-0.4, -0.2) is 24.4 Å². The van der Waals surface area contributed by atoms with Gasteiger partial charge >= 0.3 is 0 Å². The zero-order valence-electron chi connectivity index (χ0n) is 12.7. The fraction of sp³-hybridized carbons (Fsp3) is 0.625. The van der Waals surface area contributed by atoms with Gasteiger partial charge in [0.15, 0.2) is 5.76 Å². The lowest BCUT2D eigenvalue weighted by molar-refractivity contribution is -0.122. The van der Waals surface area contributed by atoms with Gasteiger partial charge in [-0.3, -0.25) is 9.59 Å². The Morgan fingerprint density at radius 2 is 2.14 bits per heavy atom. The molecule has 1 fully saturated rings. The largest absolute Gasteiger partial charge is 0.459 e. The maximum Gasteiger partial charge on any atom is 0.286 e. The first-order valence-electron chi connectivity index (χ1n) is 7.69. The van der Waals surface area contributed by atoms with Crippen molar-refractivity contribution in [2.45, 2.75) is 45.6 Å². The number of furan rings is 1. The molecular weight excluding hydrogens is 268 g/mol. The lowest BCUT2D eigenvalue weighted by atomic mass is 9.78. The molecule has 1 aliphatic rings. The van der Waals surface area contributed by atoms with Crippen molar-refractivity contribution in [3.8, 4) is 0 Å². The summed E-state index contributed by atoms with van der Waals surface area (Å²) in [7, 11) is 0. The van der Waals surface area contributed by atoms with E-state index in [1.807, 2.05) is 0 Å². The first-order chi connectivity index (χ1) is 10.1. The molecule has 3 atom stereocenters. The average molecular weight is 292 g/mol. The van der Waals surface area contributed by atoms with Gasteiger partial charge in [0.25, 0.3) is 5.91 Å². The Morgan fingerprint density at radius 3 is 2.86 bits per heavy atom. The standard InChI is InChI=1S/C16H24N2O3/c1-11-5-3-6-13(12(11)2)18-15(19)8-9-17-16(20)14-7-4-10-21-14/h4,7,10-13H,3,5-6,8-9H2,1-2H3,(H,17,20)(H,18,19). The van der Waals surface area contributed by atoms with Gasteiger partial charge in [0.05, 0.1) is 6.26 Å². The van der Waals surface area contributed by atoms with E-state index in [2.05, 4.69) is 24.5 Å². The van der Waals surface area contributed by atoms with Crippen LogP contribution in [0.15, 0.2) is 22.8 Å². The van der Waals surface area contributed by atoms with Crippen LogP contribution in [0, 0.1) is 11.8 Å². The normalized spacial score (nSPS) is 25.3. The highest BCUT2D eigenvalue weighted by Gasteiger charge is 2.27. The minimum Gasteiger partial charge on any atom is -0.459 e. The second-order valence-electron chi connectivity index (χ2n) is 5.92. The summed E-state index contributed by atoms with van der Waals surface area (Å²) < 4.78 is 4.99. The smallest absolute Gasteiger partial charge is 0.286 e. The van der Waals surface area contributed by atoms with Gasteiger partial charge in [-0.05, 0) is 30.4 Å². The molecule has 0 saturated heterocycles. The lowest BCUT2D eigenvalue weighted by Gasteiger charge is -2.34. The predicted octanol–water partition coefficient (Wildman–Crippen LogP) is 2.34. The average Bonchev–Trinajstić information content (AvgIpc) is 2.98. The molecule has 2 amide bonds. The van der Waals surface area contributed by atoms with Gasteiger partial charge in [-0.1, -0.05) is 26.7 Å². The number of carbonyl (C=O) groups is 2. The van der Waals surface area contributed by atoms with Crippen molar-refractivity contribution in [1.82, 2.24) is 10.6 Å². The molecule has 0 bridgehead atoms. The molecule has 0 radical (unpaired) electrons. The summed E-state index contributed by atoms with van der Waals surface area (Å²) in [6, 6.07) is 3.52. The Morgan fingerprint density at radius 1 is 1.33 bits per heavy atom. The first-order valence-corrected chi connectivity index (χ1v) is 7.69. The molecule has 21 heavy (non-hydrogen) atoms. The highest BCUT2D eigenvalue weighted by Crippen LogP contribution is 2.29. The number of nitrogens with one attached hydrogen (secondary N) is 2. The molecule has 5 heteroatoms. The van der Waals surface area contributed by atoms with Crippen molar-refractivity contribution < 1.29 is 14.0 Å². The number of hydrogen-bond donors (Lipinski definition) is 2. The van der Waals surface area contributed by atoms with E-state index in [0.717, 1.165) is 6.42 Å². The monoisotopic (exact) mass is 292 g/mol. The van der Waals surface area contributed by atoms with Gasteiger partial charge in [0.2, 0.25) is 5.91 Å². The number of hydrogen-bond acceptors (Lipinski definition) is 3. The maximum absolute atomic E-state index is 11.9. The molecule has 1 aliphatic carbocycles. The second-order valence-corrected chi connectivity index (χ2v) is 5.92. The van der Waals surface area contributed by atoms with Gasteiger partial charge in [-0.25, -0.2) is 0 Å². The van der Waals surface area contributed by atoms with Crippen LogP contribution in [0.4, 0.5) is 0 Å². The molecule has 1 heterocycles. The van der Waals surface area contributed by atoms with Gasteiger partial charge in [0.1, 0.15) is 0 Å². The van der Waals surface area contributed by atoms with E-state index < -0.39 is 0 Å². The zero-order chi connectivity index (χ0) is 15.2. The van der Waals surface area contributed by atoms with Crippen LogP contribution in [-0.2, 0) is 4.79 Å². The third-order valence-electron chi connectivity index (χ3n) is 4.44. The number of amides is 2. The molecule has 0 aliphatic heterocycles. The molecule has 1 aromatic heterocycles. The number of rotatable bonds is 5. The highest BCUT2D eigenvalue weighted by atomic mass is 16.3. The predicted molar refractivity (Wildman–Crippen MR) is 79.8 cm³/mol. The van der Waals surface area contributed by atoms with Crippen LogP contribution < -0.4 is 10.6 Å². The summed E-state index contributed by atoms with van der Waals surface area (Å²) in [4.78, 5) is 23.6. The number of carbonyl (C=O) groups excluding carboxylic acids is 2. The minimum atomic E-state index is -0.285. The first kappa shape index (κ1) is 15.6. The zero-order valence-corrected chi connectivity index (χ0v) is 12.7. The van der Waals surface area contributed by atoms with Crippen molar-refractivity contribution in [3.05, 3.63) is 24.2 Å². The molecular formula is C16H24N2O3. The molecule has 1 saturated carbocycles. The fourth-order valence-electron chi connectivity index (χ4n) is 2.85. The second kappa shape index (κ2) is 7.29. The summed E-state index contributed by atoms with van der Waals surface area (Å²) in [6.07, 6.45) is 5.21. The van der Waals surface area contributed by atoms with Gasteiger partial charge in [0, 0.05) is 19.0 Å². The molecule has 2 N–H and O–H groups in total. The van der Waals surface area contributed by atoms with Crippen molar-refractivity contribution in [3.63, 3.8) is 0 Å². The van der Waals surface area contributed by atoms with Crippen LogP contribution >= 0.6 is 0 Å². The van der Waals surface area contributed by atoms with Crippen molar-refractivity contribution in [2.24, 2.45) is 11.8 Å². The SMILES string of the molecule is CC1CCCC(NC(=O)CCNC(=O)c2ccco2)C1C. The van der Waals surface area contributed by atoms with Gasteiger partial charge in [-0.15, -0.1) is 0 Å². The molecule has 116 valence electrons. The molecule has 5 nitrogen and oxygen atoms in total. The minimum absolute atomic E-state index is 0.000643. The van der Waals surface area contributed by atoms with E-state index >= 15 is 0 Å².